The van der Waals surface area contributed by atoms with Gasteiger partial charge in [0.2, 0.25) is 5.91 Å². The molecule has 0 saturated carbocycles. The monoisotopic (exact) mass is 319 g/mol. The molecule has 0 aromatic heterocycles. The Kier molecular flexibility index (Phi) is 5.12. The molecular weight excluding hydrogens is 298 g/mol. The summed E-state index contributed by atoms with van der Waals surface area (Å²) >= 11 is 0. The van der Waals surface area contributed by atoms with Gasteiger partial charge in [-0.15, -0.1) is 0 Å². The molecule has 1 N–H and O–H groups in total. The van der Waals surface area contributed by atoms with E-state index in [1.807, 2.05) is 55.5 Å². The molecule has 1 aliphatic heterocycles. The Labute approximate surface area is 142 Å². The van der Waals surface area contributed by atoms with Gasteiger partial charge in [0.05, 0.1) is 0 Å². The van der Waals surface area contributed by atoms with Gasteiger partial charge < -0.3 is 10.1 Å². The molecule has 0 fully saturated rings. The van der Waals surface area contributed by atoms with Gasteiger partial charge >= 0.3 is 0 Å². The van der Waals surface area contributed by atoms with Crippen LogP contribution in [-0.4, -0.2) is 18.6 Å². The fraction of sp³-hybridized carbons (Fsp3) is 0.190. The van der Waals surface area contributed by atoms with Crippen LogP contribution in [0.25, 0.3) is 6.08 Å². The van der Waals surface area contributed by atoms with E-state index in [9.17, 15) is 4.79 Å². The first-order valence-electron chi connectivity index (χ1n) is 8.19. The first kappa shape index (κ1) is 16.1. The number of hydrogen-bond donors (Lipinski definition) is 1. The van der Waals surface area contributed by atoms with Crippen molar-refractivity contribution in [3.63, 3.8) is 0 Å². The average Bonchev–Trinajstić information content (AvgIpc) is 2.61. The van der Waals surface area contributed by atoms with Gasteiger partial charge in [0, 0.05) is 18.2 Å². The number of carbonyl (C=O) groups excluding carboxylic acids is 1. The van der Waals surface area contributed by atoms with Crippen LogP contribution in [0, 0.1) is 0 Å². The summed E-state index contributed by atoms with van der Waals surface area (Å²) in [4.78, 5) is 12.0. The van der Waals surface area contributed by atoms with Crippen molar-refractivity contribution in [2.45, 2.75) is 19.4 Å². The minimum atomic E-state index is -0.0853. The second-order valence-electron chi connectivity index (χ2n) is 5.80. The van der Waals surface area contributed by atoms with Crippen LogP contribution in [0.5, 0.6) is 5.75 Å². The molecule has 1 heterocycles. The van der Waals surface area contributed by atoms with Gasteiger partial charge in [-0.2, -0.15) is 0 Å². The first-order valence-corrected chi connectivity index (χ1v) is 8.19. The van der Waals surface area contributed by atoms with E-state index < -0.39 is 0 Å². The van der Waals surface area contributed by atoms with Crippen LogP contribution in [0.2, 0.25) is 0 Å². The molecule has 2 aromatic carbocycles. The summed E-state index contributed by atoms with van der Waals surface area (Å²) in [6.07, 6.45) is 6.24. The van der Waals surface area contributed by atoms with Crippen LogP contribution in [0.1, 0.15) is 18.1 Å². The summed E-state index contributed by atoms with van der Waals surface area (Å²) in [5.41, 5.74) is 3.25. The summed E-state index contributed by atoms with van der Waals surface area (Å²) in [6, 6.07) is 18.0. The van der Waals surface area contributed by atoms with Crippen molar-refractivity contribution >= 4 is 12.0 Å². The normalized spacial score (nSPS) is 16.2. The summed E-state index contributed by atoms with van der Waals surface area (Å²) in [5.74, 6) is 0.798. The zero-order valence-corrected chi connectivity index (χ0v) is 13.7. The highest BCUT2D eigenvalue weighted by Crippen LogP contribution is 2.29. The number of ether oxygens (including phenoxy) is 1. The third kappa shape index (κ3) is 4.13. The van der Waals surface area contributed by atoms with E-state index in [0.717, 1.165) is 23.3 Å². The summed E-state index contributed by atoms with van der Waals surface area (Å²) in [6.45, 7) is 2.61. The Morgan fingerprint density at radius 3 is 2.71 bits per heavy atom. The Morgan fingerprint density at radius 2 is 1.88 bits per heavy atom. The van der Waals surface area contributed by atoms with Gasteiger partial charge in [-0.25, -0.2) is 0 Å². The van der Waals surface area contributed by atoms with Crippen LogP contribution < -0.4 is 10.1 Å². The minimum absolute atomic E-state index is 0.0618. The minimum Gasteiger partial charge on any atom is -0.485 e. The predicted molar refractivity (Wildman–Crippen MR) is 96.8 cm³/mol. The highest BCUT2D eigenvalue weighted by molar-refractivity contribution is 5.88. The quantitative estimate of drug-likeness (QED) is 0.852. The van der Waals surface area contributed by atoms with E-state index in [4.69, 9.17) is 4.74 Å². The van der Waals surface area contributed by atoms with Crippen LogP contribution in [0.4, 0.5) is 0 Å². The molecule has 0 saturated heterocycles. The van der Waals surface area contributed by atoms with Gasteiger partial charge in [-0.3, -0.25) is 4.79 Å². The molecule has 1 atom stereocenters. The second kappa shape index (κ2) is 7.64. The molecule has 3 rings (SSSR count). The van der Waals surface area contributed by atoms with Crippen molar-refractivity contribution in [3.8, 4) is 5.75 Å². The maximum atomic E-state index is 12.0. The number of fused-ring (bicyclic) bond motifs is 1. The maximum Gasteiger partial charge on any atom is 0.244 e. The van der Waals surface area contributed by atoms with Gasteiger partial charge in [-0.1, -0.05) is 48.5 Å². The molecular formula is C21H21NO2. The molecule has 1 amide bonds. The van der Waals surface area contributed by atoms with E-state index >= 15 is 0 Å². The van der Waals surface area contributed by atoms with Gasteiger partial charge in [0.15, 0.2) is 0 Å². The molecule has 0 bridgehead atoms. The Bertz CT molecular complexity index is 762. The molecule has 122 valence electrons. The largest absolute Gasteiger partial charge is 0.485 e. The summed E-state index contributed by atoms with van der Waals surface area (Å²) in [7, 11) is 0. The molecule has 1 unspecified atom stereocenters. The number of nitrogens with one attached hydrogen (secondary N) is 1. The van der Waals surface area contributed by atoms with Crippen LogP contribution in [0.15, 0.2) is 72.3 Å². The molecule has 24 heavy (non-hydrogen) atoms. The van der Waals surface area contributed by atoms with E-state index in [1.54, 1.807) is 6.08 Å². The summed E-state index contributed by atoms with van der Waals surface area (Å²) in [5, 5.41) is 2.91. The van der Waals surface area contributed by atoms with E-state index in [0.29, 0.717) is 6.54 Å². The Morgan fingerprint density at radius 1 is 1.12 bits per heavy atom. The van der Waals surface area contributed by atoms with E-state index in [-0.39, 0.29) is 12.0 Å². The number of carbonyl (C=O) groups is 1. The highest BCUT2D eigenvalue weighted by atomic mass is 16.5. The lowest BCUT2D eigenvalue weighted by Crippen LogP contribution is -2.24. The third-order valence-electron chi connectivity index (χ3n) is 4.00. The number of benzene rings is 2. The molecule has 2 aromatic rings. The standard InChI is InChI=1S/C21H21NO2/c1-16-18(15-19-9-5-6-10-20(19)24-16)11-12-21(23)22-14-13-17-7-3-2-4-8-17/h2-12,15-16H,13-14H2,1H3,(H,22,23)/b12-11+. The average molecular weight is 319 g/mol. The smallest absolute Gasteiger partial charge is 0.244 e. The lowest BCUT2D eigenvalue weighted by atomic mass is 10.0. The zero-order valence-electron chi connectivity index (χ0n) is 13.7. The number of rotatable bonds is 5. The molecule has 0 aliphatic carbocycles. The third-order valence-corrected chi connectivity index (χ3v) is 4.00. The highest BCUT2D eigenvalue weighted by Gasteiger charge is 2.16. The Hall–Kier alpha value is -2.81. The van der Waals surface area contributed by atoms with Gasteiger partial charge in [-0.05, 0) is 42.7 Å². The van der Waals surface area contributed by atoms with Crippen LogP contribution in [-0.2, 0) is 11.2 Å². The molecule has 3 heteroatoms. The fourth-order valence-electron chi connectivity index (χ4n) is 2.65. The van der Waals surface area contributed by atoms with Crippen LogP contribution in [0.3, 0.4) is 0 Å². The van der Waals surface area contributed by atoms with Crippen molar-refractivity contribution in [1.82, 2.24) is 5.32 Å². The second-order valence-corrected chi connectivity index (χ2v) is 5.80. The molecule has 1 aliphatic rings. The maximum absolute atomic E-state index is 12.0. The van der Waals surface area contributed by atoms with Crippen molar-refractivity contribution in [1.29, 1.82) is 0 Å². The Balaban J connectivity index is 1.55. The lowest BCUT2D eigenvalue weighted by Gasteiger charge is -2.22. The number of hydrogen-bond acceptors (Lipinski definition) is 2. The van der Waals surface area contributed by atoms with Gasteiger partial charge in [0.1, 0.15) is 11.9 Å². The van der Waals surface area contributed by atoms with Crippen molar-refractivity contribution < 1.29 is 9.53 Å². The van der Waals surface area contributed by atoms with Crippen molar-refractivity contribution in [3.05, 3.63) is 83.4 Å². The predicted octanol–water partition coefficient (Wildman–Crippen LogP) is 3.77. The van der Waals surface area contributed by atoms with Crippen LogP contribution >= 0.6 is 0 Å². The topological polar surface area (TPSA) is 38.3 Å². The van der Waals surface area contributed by atoms with E-state index in [2.05, 4.69) is 23.5 Å². The molecule has 0 spiro atoms. The summed E-state index contributed by atoms with van der Waals surface area (Å²) < 4.78 is 5.86. The number of amides is 1. The SMILES string of the molecule is CC1Oc2ccccc2C=C1/C=C/C(=O)NCCc1ccccc1. The molecule has 0 radical (unpaired) electrons. The van der Waals surface area contributed by atoms with Crippen molar-refractivity contribution in [2.75, 3.05) is 6.54 Å². The van der Waals surface area contributed by atoms with Gasteiger partial charge in [0.25, 0.3) is 0 Å². The van der Waals surface area contributed by atoms with E-state index in [1.165, 1.54) is 5.56 Å². The number of para-hydroxylation sites is 1. The fourth-order valence-corrected chi connectivity index (χ4v) is 2.65. The lowest BCUT2D eigenvalue weighted by molar-refractivity contribution is -0.116. The first-order chi connectivity index (χ1) is 11.7. The molecule has 3 nitrogen and oxygen atoms in total. The zero-order chi connectivity index (χ0) is 16.8. The van der Waals surface area contributed by atoms with Crippen molar-refractivity contribution in [2.24, 2.45) is 0 Å².